The first-order chi connectivity index (χ1) is 20.1. The highest BCUT2D eigenvalue weighted by Crippen LogP contribution is 2.43. The van der Waals surface area contributed by atoms with Gasteiger partial charge in [-0.3, -0.25) is 33.5 Å². The van der Waals surface area contributed by atoms with E-state index in [4.69, 9.17) is 9.16 Å². The van der Waals surface area contributed by atoms with E-state index in [-0.39, 0.29) is 28.9 Å². The second-order valence-corrected chi connectivity index (χ2v) is 17.9. The summed E-state index contributed by atoms with van der Waals surface area (Å²) in [6, 6.07) is 2.34. The number of likely N-dealkylation sites (tertiary alicyclic amines) is 1. The predicted molar refractivity (Wildman–Crippen MR) is 162 cm³/mol. The third kappa shape index (κ3) is 6.01. The van der Waals surface area contributed by atoms with Crippen molar-refractivity contribution >= 4 is 53.8 Å². The molecule has 0 saturated carbocycles. The average Bonchev–Trinajstić information content (AvgIpc) is 3.54. The van der Waals surface area contributed by atoms with Crippen molar-refractivity contribution in [2.45, 2.75) is 64.9 Å². The zero-order chi connectivity index (χ0) is 31.9. The Bertz CT molecular complexity index is 1590. The van der Waals surface area contributed by atoms with Crippen LogP contribution in [0, 0.1) is 11.8 Å². The van der Waals surface area contributed by atoms with E-state index in [2.05, 4.69) is 50.4 Å². The minimum atomic E-state index is -2.33. The molecule has 4 rings (SSSR count). The van der Waals surface area contributed by atoms with Crippen molar-refractivity contribution in [2.24, 2.45) is 11.8 Å². The van der Waals surface area contributed by atoms with Crippen molar-refractivity contribution < 1.29 is 33.1 Å². The smallest absolute Gasteiger partial charge is 0.397 e. The number of ether oxygens (including phenoxy) is 1. The van der Waals surface area contributed by atoms with E-state index in [1.54, 1.807) is 42.8 Å². The highest BCUT2D eigenvalue weighted by atomic mass is 32.1. The molecule has 3 aromatic heterocycles. The van der Waals surface area contributed by atoms with Crippen LogP contribution >= 0.6 is 11.3 Å². The third-order valence-electron chi connectivity index (χ3n) is 8.23. The number of hydrogen-bond acceptors (Lipinski definition) is 10. The van der Waals surface area contributed by atoms with Gasteiger partial charge >= 0.3 is 11.9 Å². The molecule has 1 saturated heterocycles. The molecule has 0 aromatic carbocycles. The van der Waals surface area contributed by atoms with Crippen molar-refractivity contribution in [3.8, 4) is 0 Å². The van der Waals surface area contributed by atoms with Crippen molar-refractivity contribution in [3.05, 3.63) is 65.8 Å². The van der Waals surface area contributed by atoms with Gasteiger partial charge in [0.05, 0.1) is 22.9 Å². The fourth-order valence-electron chi connectivity index (χ4n) is 4.87. The summed E-state index contributed by atoms with van der Waals surface area (Å²) in [5, 5.41) is -0.146. The Balaban J connectivity index is 1.65. The summed E-state index contributed by atoms with van der Waals surface area (Å²) >= 11 is 1.09. The molecule has 0 bridgehead atoms. The van der Waals surface area contributed by atoms with Gasteiger partial charge in [0.25, 0.3) is 0 Å². The minimum Gasteiger partial charge on any atom is -0.454 e. The number of aromatic nitrogens is 3. The lowest BCUT2D eigenvalue weighted by molar-refractivity contribution is -0.181. The van der Waals surface area contributed by atoms with Crippen molar-refractivity contribution in [3.63, 3.8) is 0 Å². The van der Waals surface area contributed by atoms with Gasteiger partial charge in [-0.2, -0.15) is 0 Å². The Morgan fingerprint density at radius 1 is 1.21 bits per heavy atom. The molecule has 1 aliphatic rings. The standard InChI is InChI=1S/C30H36N4O7SSi/c1-9-13-40-29(39)27(38)34-23(21(26(34)37)18(3)41-43(7,8)30(4,5)6)17(2)24(35)20-15-33-16-32-22(28(33)42-20)25(36)19-11-10-12-31-14-19/h9-12,14-18,21,23H,1,13H2,2-8H3/t17-,18-,21-,23-/m1/s1. The van der Waals surface area contributed by atoms with Gasteiger partial charge in [-0.1, -0.05) is 40.3 Å². The molecule has 4 atom stereocenters. The van der Waals surface area contributed by atoms with Gasteiger partial charge in [0.1, 0.15) is 23.5 Å². The van der Waals surface area contributed by atoms with Gasteiger partial charge in [0.2, 0.25) is 11.7 Å². The monoisotopic (exact) mass is 624 g/mol. The van der Waals surface area contributed by atoms with E-state index in [1.165, 1.54) is 18.6 Å². The largest absolute Gasteiger partial charge is 0.454 e. The van der Waals surface area contributed by atoms with E-state index in [0.29, 0.717) is 15.3 Å². The lowest BCUT2D eigenvalue weighted by Crippen LogP contribution is -2.71. The van der Waals surface area contributed by atoms with E-state index >= 15 is 0 Å². The maximum atomic E-state index is 13.9. The summed E-state index contributed by atoms with van der Waals surface area (Å²) in [6.45, 7) is 17.0. The Morgan fingerprint density at radius 3 is 2.51 bits per heavy atom. The van der Waals surface area contributed by atoms with Gasteiger partial charge in [-0.15, -0.1) is 11.3 Å². The fourth-order valence-corrected chi connectivity index (χ4v) is 7.41. The highest BCUT2D eigenvalue weighted by molar-refractivity contribution is 7.19. The van der Waals surface area contributed by atoms with Gasteiger partial charge in [0.15, 0.2) is 14.1 Å². The lowest BCUT2D eigenvalue weighted by atomic mass is 9.75. The fraction of sp³-hybridized carbons (Fsp3) is 0.433. The molecular weight excluding hydrogens is 589 g/mol. The van der Waals surface area contributed by atoms with Crippen LogP contribution in [-0.2, 0) is 23.5 Å². The van der Waals surface area contributed by atoms with Gasteiger partial charge in [-0.05, 0) is 37.2 Å². The lowest BCUT2D eigenvalue weighted by Gasteiger charge is -2.51. The Kier molecular flexibility index (Phi) is 9.00. The highest BCUT2D eigenvalue weighted by Gasteiger charge is 2.59. The molecule has 0 N–H and O–H groups in total. The molecule has 43 heavy (non-hydrogen) atoms. The topological polar surface area (TPSA) is 137 Å². The molecular formula is C30H36N4O7SSi. The number of rotatable bonds is 10. The van der Waals surface area contributed by atoms with Gasteiger partial charge in [0, 0.05) is 30.1 Å². The van der Waals surface area contributed by atoms with Crippen LogP contribution in [0.15, 0.2) is 49.7 Å². The quantitative estimate of drug-likeness (QED) is 0.0806. The summed E-state index contributed by atoms with van der Waals surface area (Å²) in [7, 11) is -2.33. The zero-order valence-electron chi connectivity index (χ0n) is 25.3. The number of hydrogen-bond donors (Lipinski definition) is 0. The van der Waals surface area contributed by atoms with Crippen LogP contribution in [0.3, 0.4) is 0 Å². The van der Waals surface area contributed by atoms with Crippen LogP contribution in [0.2, 0.25) is 18.1 Å². The second kappa shape index (κ2) is 12.1. The van der Waals surface area contributed by atoms with Gasteiger partial charge in [-0.25, -0.2) is 9.78 Å². The number of imide groups is 1. The number of carbonyl (C=O) groups excluding carboxylic acids is 5. The molecule has 0 spiro atoms. The van der Waals surface area contributed by atoms with Crippen LogP contribution in [0.1, 0.15) is 60.3 Å². The SMILES string of the molecule is C=CCOC(=O)C(=O)N1C(=O)[C@H]([C@@H](C)O[Si](C)(C)C(C)(C)C)[C@H]1[C@@H](C)C(=O)c1cn2cnc(C(=O)c3cccnc3)c2s1. The first kappa shape index (κ1) is 32.1. The molecule has 1 aliphatic heterocycles. The number of carbonyl (C=O) groups is 5. The predicted octanol–water partition coefficient (Wildman–Crippen LogP) is 4.33. The number of thiazole rings is 1. The van der Waals surface area contributed by atoms with E-state index in [1.807, 2.05) is 0 Å². The molecule has 0 radical (unpaired) electrons. The molecule has 1 fully saturated rings. The normalized spacial score (nSPS) is 18.6. The average molecular weight is 625 g/mol. The van der Waals surface area contributed by atoms with E-state index in [0.717, 1.165) is 16.2 Å². The molecule has 2 amide bonds. The molecule has 228 valence electrons. The summed E-state index contributed by atoms with van der Waals surface area (Å²) in [4.78, 5) is 75.8. The summed E-state index contributed by atoms with van der Waals surface area (Å²) in [6.07, 6.45) is 6.73. The minimum absolute atomic E-state index is 0.146. The van der Waals surface area contributed by atoms with Crippen LogP contribution < -0.4 is 0 Å². The number of amides is 2. The van der Waals surface area contributed by atoms with Crippen molar-refractivity contribution in [2.75, 3.05) is 6.61 Å². The molecule has 0 aliphatic carbocycles. The zero-order valence-corrected chi connectivity index (χ0v) is 27.1. The Labute approximate surface area is 255 Å². The summed E-state index contributed by atoms with van der Waals surface area (Å²) < 4.78 is 13.0. The number of ketones is 2. The van der Waals surface area contributed by atoms with Crippen LogP contribution in [0.4, 0.5) is 0 Å². The summed E-state index contributed by atoms with van der Waals surface area (Å²) in [5.74, 6) is -5.35. The number of Topliss-reactive ketones (excluding diaryl/α,β-unsaturated/α-hetero) is 1. The third-order valence-corrected chi connectivity index (χ3v) is 13.9. The number of fused-ring (bicyclic) bond motifs is 1. The van der Waals surface area contributed by atoms with Gasteiger partial charge < -0.3 is 9.16 Å². The van der Waals surface area contributed by atoms with Crippen LogP contribution in [-0.4, -0.2) is 75.7 Å². The first-order valence-electron chi connectivity index (χ1n) is 13.9. The molecule has 0 unspecified atom stereocenters. The second-order valence-electron chi connectivity index (χ2n) is 12.1. The molecule has 13 heteroatoms. The van der Waals surface area contributed by atoms with Crippen LogP contribution in [0.25, 0.3) is 4.83 Å². The number of esters is 1. The van der Waals surface area contributed by atoms with E-state index in [9.17, 15) is 24.0 Å². The number of β-lactam (4-membered cyclic amide) rings is 1. The van der Waals surface area contributed by atoms with E-state index < -0.39 is 50.1 Å². The molecule has 11 nitrogen and oxygen atoms in total. The molecule has 3 aromatic rings. The number of nitrogens with zero attached hydrogens (tertiary/aromatic N) is 4. The number of pyridine rings is 1. The first-order valence-corrected chi connectivity index (χ1v) is 17.6. The Hall–Kier alpha value is -3.81. The molecule has 4 heterocycles. The maximum absolute atomic E-state index is 13.9. The maximum Gasteiger partial charge on any atom is 0.397 e. The van der Waals surface area contributed by atoms with Crippen molar-refractivity contribution in [1.29, 1.82) is 0 Å². The number of imidazole rings is 1. The van der Waals surface area contributed by atoms with Crippen molar-refractivity contribution in [1.82, 2.24) is 19.3 Å². The van der Waals surface area contributed by atoms with Crippen LogP contribution in [0.5, 0.6) is 0 Å². The summed E-state index contributed by atoms with van der Waals surface area (Å²) in [5.41, 5.74) is 0.543. The Morgan fingerprint density at radius 2 is 1.91 bits per heavy atom.